The number of hydrogen-bond acceptors (Lipinski definition) is 4. The van der Waals surface area contributed by atoms with Gasteiger partial charge in [0.15, 0.2) is 0 Å². The Morgan fingerprint density at radius 2 is 2.10 bits per heavy atom. The number of para-hydroxylation sites is 1. The van der Waals surface area contributed by atoms with E-state index in [2.05, 4.69) is 9.88 Å². The molecule has 1 aromatic heterocycles. The van der Waals surface area contributed by atoms with Crippen LogP contribution in [0.15, 0.2) is 42.6 Å². The largest absolute Gasteiger partial charge is 0.491 e. The fourth-order valence-corrected chi connectivity index (χ4v) is 2.22. The number of carboxylic acid groups (broad SMARTS) is 1. The zero-order chi connectivity index (χ0) is 13.9. The van der Waals surface area contributed by atoms with E-state index < -0.39 is 5.97 Å². The van der Waals surface area contributed by atoms with Crippen LogP contribution in [0.5, 0.6) is 5.75 Å². The second-order valence-electron chi connectivity index (χ2n) is 4.59. The number of hydrogen-bond donors (Lipinski definition) is 1. The molecule has 102 valence electrons. The topological polar surface area (TPSA) is 62.7 Å². The van der Waals surface area contributed by atoms with Gasteiger partial charge in [-0.1, -0.05) is 18.2 Å². The zero-order valence-electron chi connectivity index (χ0n) is 10.8. The van der Waals surface area contributed by atoms with Crippen molar-refractivity contribution in [2.75, 3.05) is 18.1 Å². The van der Waals surface area contributed by atoms with Crippen LogP contribution in [0.4, 0.5) is 5.82 Å². The first-order valence-corrected chi connectivity index (χ1v) is 6.39. The summed E-state index contributed by atoms with van der Waals surface area (Å²) in [6, 6.07) is 11.2. The summed E-state index contributed by atoms with van der Waals surface area (Å²) in [7, 11) is 0. The molecule has 0 atom stereocenters. The predicted octanol–water partition coefficient (Wildman–Crippen LogP) is 2.18. The summed E-state index contributed by atoms with van der Waals surface area (Å²) in [5, 5.41) is 8.89. The number of pyridine rings is 1. The molecule has 1 aromatic carbocycles. The van der Waals surface area contributed by atoms with Crippen molar-refractivity contribution >= 4 is 11.8 Å². The molecule has 0 fully saturated rings. The SMILES string of the molecule is O=C(O)c1ccc(N2CCOc3ccccc3C2)nc1. The van der Waals surface area contributed by atoms with Crippen molar-refractivity contribution in [2.24, 2.45) is 0 Å². The number of nitrogens with zero attached hydrogens (tertiary/aromatic N) is 2. The quantitative estimate of drug-likeness (QED) is 0.906. The first-order valence-electron chi connectivity index (χ1n) is 6.39. The first kappa shape index (κ1) is 12.5. The summed E-state index contributed by atoms with van der Waals surface area (Å²) in [6.07, 6.45) is 1.38. The molecule has 0 spiro atoms. The molecule has 5 heteroatoms. The maximum absolute atomic E-state index is 10.8. The standard InChI is InChI=1S/C15H14N2O3/c18-15(19)11-5-6-14(16-9-11)17-7-8-20-13-4-2-1-3-12(13)10-17/h1-6,9H,7-8,10H2,(H,18,19). The van der Waals surface area contributed by atoms with Crippen molar-refractivity contribution in [2.45, 2.75) is 6.54 Å². The van der Waals surface area contributed by atoms with Gasteiger partial charge >= 0.3 is 5.97 Å². The highest BCUT2D eigenvalue weighted by molar-refractivity contribution is 5.87. The van der Waals surface area contributed by atoms with Crippen LogP contribution in [0, 0.1) is 0 Å². The van der Waals surface area contributed by atoms with Gasteiger partial charge in [-0.25, -0.2) is 9.78 Å². The Kier molecular flexibility index (Phi) is 3.25. The zero-order valence-corrected chi connectivity index (χ0v) is 10.8. The number of ether oxygens (including phenoxy) is 1. The van der Waals surface area contributed by atoms with E-state index in [0.717, 1.165) is 17.1 Å². The van der Waals surface area contributed by atoms with E-state index in [0.29, 0.717) is 19.7 Å². The van der Waals surface area contributed by atoms with Crippen molar-refractivity contribution in [3.63, 3.8) is 0 Å². The lowest BCUT2D eigenvalue weighted by molar-refractivity contribution is 0.0696. The van der Waals surface area contributed by atoms with Crippen LogP contribution in [0.25, 0.3) is 0 Å². The molecule has 0 unspecified atom stereocenters. The number of carbonyl (C=O) groups is 1. The maximum atomic E-state index is 10.8. The Morgan fingerprint density at radius 1 is 1.25 bits per heavy atom. The number of fused-ring (bicyclic) bond motifs is 1. The number of aromatic nitrogens is 1. The Hall–Kier alpha value is -2.56. The first-order chi connectivity index (χ1) is 9.74. The highest BCUT2D eigenvalue weighted by atomic mass is 16.5. The number of rotatable bonds is 2. The van der Waals surface area contributed by atoms with Crippen LogP contribution in [-0.2, 0) is 6.54 Å². The summed E-state index contributed by atoms with van der Waals surface area (Å²) in [4.78, 5) is 17.1. The average Bonchev–Trinajstić information content (AvgIpc) is 2.69. The summed E-state index contributed by atoms with van der Waals surface area (Å²) in [6.45, 7) is 2.00. The molecule has 1 aliphatic heterocycles. The minimum atomic E-state index is -0.964. The van der Waals surface area contributed by atoms with E-state index in [4.69, 9.17) is 9.84 Å². The van der Waals surface area contributed by atoms with Gasteiger partial charge in [-0.3, -0.25) is 0 Å². The van der Waals surface area contributed by atoms with Gasteiger partial charge in [-0.2, -0.15) is 0 Å². The summed E-state index contributed by atoms with van der Waals surface area (Å²) >= 11 is 0. The van der Waals surface area contributed by atoms with Gasteiger partial charge in [-0.15, -0.1) is 0 Å². The molecule has 0 bridgehead atoms. The van der Waals surface area contributed by atoms with E-state index in [-0.39, 0.29) is 5.56 Å². The fourth-order valence-electron chi connectivity index (χ4n) is 2.22. The van der Waals surface area contributed by atoms with Gasteiger partial charge in [0.25, 0.3) is 0 Å². The Labute approximate surface area is 116 Å². The summed E-state index contributed by atoms with van der Waals surface area (Å²) in [5.74, 6) is 0.695. The lowest BCUT2D eigenvalue weighted by Gasteiger charge is -2.20. The van der Waals surface area contributed by atoms with E-state index in [1.165, 1.54) is 6.20 Å². The van der Waals surface area contributed by atoms with Crippen molar-refractivity contribution in [3.8, 4) is 5.75 Å². The molecule has 5 nitrogen and oxygen atoms in total. The predicted molar refractivity (Wildman–Crippen MR) is 74.2 cm³/mol. The second-order valence-corrected chi connectivity index (χ2v) is 4.59. The second kappa shape index (κ2) is 5.21. The monoisotopic (exact) mass is 270 g/mol. The number of aromatic carboxylic acids is 1. The Morgan fingerprint density at radius 3 is 2.85 bits per heavy atom. The minimum Gasteiger partial charge on any atom is -0.491 e. The van der Waals surface area contributed by atoms with Crippen molar-refractivity contribution in [1.29, 1.82) is 0 Å². The molecule has 20 heavy (non-hydrogen) atoms. The molecule has 0 saturated heterocycles. The van der Waals surface area contributed by atoms with E-state index in [1.807, 2.05) is 24.3 Å². The van der Waals surface area contributed by atoms with Crippen molar-refractivity contribution < 1.29 is 14.6 Å². The van der Waals surface area contributed by atoms with E-state index in [9.17, 15) is 4.79 Å². The van der Waals surface area contributed by atoms with Crippen LogP contribution in [0.1, 0.15) is 15.9 Å². The van der Waals surface area contributed by atoms with E-state index >= 15 is 0 Å². The average molecular weight is 270 g/mol. The third-order valence-electron chi connectivity index (χ3n) is 3.27. The smallest absolute Gasteiger partial charge is 0.337 e. The molecule has 2 heterocycles. The minimum absolute atomic E-state index is 0.195. The van der Waals surface area contributed by atoms with Crippen LogP contribution in [-0.4, -0.2) is 29.2 Å². The summed E-state index contributed by atoms with van der Waals surface area (Å²) in [5.41, 5.74) is 1.30. The fraction of sp³-hybridized carbons (Fsp3) is 0.200. The normalized spacial score (nSPS) is 14.1. The van der Waals surface area contributed by atoms with Gasteiger partial charge in [0.05, 0.1) is 12.1 Å². The van der Waals surface area contributed by atoms with Gasteiger partial charge < -0.3 is 14.7 Å². The molecule has 0 amide bonds. The number of carboxylic acids is 1. The Bertz CT molecular complexity index is 625. The van der Waals surface area contributed by atoms with Crippen LogP contribution in [0.3, 0.4) is 0 Å². The maximum Gasteiger partial charge on any atom is 0.337 e. The van der Waals surface area contributed by atoms with Crippen molar-refractivity contribution in [1.82, 2.24) is 4.98 Å². The molecular formula is C15H14N2O3. The number of anilines is 1. The van der Waals surface area contributed by atoms with Crippen molar-refractivity contribution in [3.05, 3.63) is 53.7 Å². The highest BCUT2D eigenvalue weighted by Crippen LogP contribution is 2.25. The molecule has 3 rings (SSSR count). The third kappa shape index (κ3) is 2.42. The van der Waals surface area contributed by atoms with Gasteiger partial charge in [0.1, 0.15) is 18.2 Å². The molecular weight excluding hydrogens is 256 g/mol. The lowest BCUT2D eigenvalue weighted by atomic mass is 10.2. The highest BCUT2D eigenvalue weighted by Gasteiger charge is 2.16. The van der Waals surface area contributed by atoms with Crippen LogP contribution in [0.2, 0.25) is 0 Å². The molecule has 0 aliphatic carbocycles. The van der Waals surface area contributed by atoms with Gasteiger partial charge in [0.2, 0.25) is 0 Å². The van der Waals surface area contributed by atoms with Crippen LogP contribution < -0.4 is 9.64 Å². The Balaban J connectivity index is 1.85. The molecule has 0 radical (unpaired) electrons. The summed E-state index contributed by atoms with van der Waals surface area (Å²) < 4.78 is 5.70. The van der Waals surface area contributed by atoms with Crippen LogP contribution >= 0.6 is 0 Å². The molecule has 2 aromatic rings. The van der Waals surface area contributed by atoms with Gasteiger partial charge in [-0.05, 0) is 18.2 Å². The third-order valence-corrected chi connectivity index (χ3v) is 3.27. The van der Waals surface area contributed by atoms with Gasteiger partial charge in [0, 0.05) is 18.3 Å². The number of benzene rings is 1. The van der Waals surface area contributed by atoms with E-state index in [1.54, 1.807) is 12.1 Å². The lowest BCUT2D eigenvalue weighted by Crippen LogP contribution is -2.26. The molecule has 1 N–H and O–H groups in total. The molecule has 1 aliphatic rings. The molecule has 0 saturated carbocycles.